The second-order valence-electron chi connectivity index (χ2n) is 9.44. The fourth-order valence-corrected chi connectivity index (χ4v) is 5.98. The van der Waals surface area contributed by atoms with Crippen LogP contribution in [0.3, 0.4) is 0 Å². The van der Waals surface area contributed by atoms with Gasteiger partial charge in [-0.25, -0.2) is 0 Å². The highest BCUT2D eigenvalue weighted by Gasteiger charge is 2.36. The molecule has 1 amide bonds. The molecule has 0 fully saturated rings. The Morgan fingerprint density at radius 1 is 0.758 bits per heavy atom. The van der Waals surface area contributed by atoms with Gasteiger partial charge in [-0.1, -0.05) is 108 Å². The zero-order valence-corrected chi connectivity index (χ0v) is 22.4. The Morgan fingerprint density at radius 2 is 1.27 bits per heavy atom. The lowest BCUT2D eigenvalue weighted by Gasteiger charge is -2.37. The molecule has 0 spiro atoms. The van der Waals surface area contributed by atoms with E-state index >= 15 is 0 Å². The van der Waals surface area contributed by atoms with Gasteiger partial charge in [0, 0.05) is 46.1 Å². The van der Waals surface area contributed by atoms with Gasteiger partial charge in [-0.15, -0.1) is 0 Å². The largest absolute Gasteiger partial charge is 0.322 e. The molecule has 0 N–H and O–H groups in total. The monoisotopic (exact) mass is 496 g/mol. The molecule has 0 radical (unpaired) electrons. The van der Waals surface area contributed by atoms with Crippen LogP contribution >= 0.6 is 36.7 Å². The summed E-state index contributed by atoms with van der Waals surface area (Å²) in [5, 5.41) is 1.92. The first kappa shape index (κ1) is 24.4. The molecular weight excluding hydrogens is 465 g/mol. The maximum Gasteiger partial charge on any atom is 0.259 e. The quantitative estimate of drug-likeness (QED) is 0.351. The number of benzene rings is 2. The van der Waals surface area contributed by atoms with Gasteiger partial charge in [0.25, 0.3) is 5.91 Å². The van der Waals surface area contributed by atoms with Gasteiger partial charge in [-0.05, 0) is 24.3 Å². The van der Waals surface area contributed by atoms with E-state index in [0.29, 0.717) is 28.9 Å². The molecule has 3 nitrogen and oxygen atoms in total. The molecule has 0 bridgehead atoms. The number of rotatable bonds is 9. The molecule has 0 saturated heterocycles. The summed E-state index contributed by atoms with van der Waals surface area (Å²) >= 11 is 17.8. The second-order valence-corrected chi connectivity index (χ2v) is 10.6. The maximum atomic E-state index is 13.5. The van der Waals surface area contributed by atoms with E-state index in [-0.39, 0.29) is 5.91 Å². The van der Waals surface area contributed by atoms with Crippen molar-refractivity contribution in [2.75, 3.05) is 13.1 Å². The molecule has 6 heteroatoms. The van der Waals surface area contributed by atoms with Crippen molar-refractivity contribution in [1.82, 2.24) is 9.80 Å². The van der Waals surface area contributed by atoms with Crippen LogP contribution in [0.15, 0.2) is 24.3 Å². The highest BCUT2D eigenvalue weighted by Crippen LogP contribution is 2.39. The standard InChI is InChI=1S/C27H32N2OS3/c1-5-8-9-17(7-3)15-29-26(32)20-11-10-18-22-19(12-13-21(23(20)22)27(29)33)25(31)28(24(18)30)14-16(4)6-2/h10-13,16-17H,5-9,14-15H2,1-4H3. The van der Waals surface area contributed by atoms with Crippen LogP contribution < -0.4 is 0 Å². The average Bonchev–Trinajstić information content (AvgIpc) is 2.83. The SMILES string of the molecule is CCCCC(CC)CN1C(=S)c2ccc3c4c(ccc(c24)C1=S)C(=S)N(CC(C)CC)C3=O. The number of amides is 1. The summed E-state index contributed by atoms with van der Waals surface area (Å²) in [7, 11) is 0. The first-order chi connectivity index (χ1) is 15.8. The van der Waals surface area contributed by atoms with Crippen LogP contribution in [0, 0.1) is 11.8 Å². The smallest absolute Gasteiger partial charge is 0.259 e. The van der Waals surface area contributed by atoms with E-state index in [1.54, 1.807) is 4.90 Å². The van der Waals surface area contributed by atoms with Crippen molar-refractivity contribution in [3.05, 3.63) is 46.5 Å². The maximum absolute atomic E-state index is 13.5. The summed E-state index contributed by atoms with van der Waals surface area (Å²) in [6, 6.07) is 8.09. The minimum Gasteiger partial charge on any atom is -0.322 e. The zero-order chi connectivity index (χ0) is 23.9. The fourth-order valence-electron chi connectivity index (χ4n) is 4.92. The first-order valence-electron chi connectivity index (χ1n) is 12.2. The Morgan fingerprint density at radius 3 is 1.79 bits per heavy atom. The van der Waals surface area contributed by atoms with E-state index < -0.39 is 0 Å². The zero-order valence-electron chi connectivity index (χ0n) is 19.9. The Hall–Kier alpha value is -1.76. The van der Waals surface area contributed by atoms with Gasteiger partial charge in [0.1, 0.15) is 15.0 Å². The van der Waals surface area contributed by atoms with Crippen molar-refractivity contribution in [2.24, 2.45) is 11.8 Å². The third-order valence-electron chi connectivity index (χ3n) is 7.24. The highest BCUT2D eigenvalue weighted by molar-refractivity contribution is 7.82. The lowest BCUT2D eigenvalue weighted by Crippen LogP contribution is -2.44. The average molecular weight is 497 g/mol. The van der Waals surface area contributed by atoms with Gasteiger partial charge in [0.05, 0.1) is 0 Å². The van der Waals surface area contributed by atoms with E-state index in [2.05, 4.69) is 44.7 Å². The number of unbranched alkanes of at least 4 members (excludes halogenated alkanes) is 1. The molecular formula is C27H32N2OS3. The first-order valence-corrected chi connectivity index (χ1v) is 13.4. The van der Waals surface area contributed by atoms with Gasteiger partial charge in [-0.3, -0.25) is 9.69 Å². The minimum absolute atomic E-state index is 0.0126. The summed E-state index contributed by atoms with van der Waals surface area (Å²) < 4.78 is 0. The van der Waals surface area contributed by atoms with Crippen LogP contribution in [-0.4, -0.2) is 43.8 Å². The Kier molecular flexibility index (Phi) is 7.27. The number of nitrogens with zero attached hydrogens (tertiary/aromatic N) is 2. The summed E-state index contributed by atoms with van der Waals surface area (Å²) in [6.45, 7) is 10.3. The molecule has 4 rings (SSSR count). The van der Waals surface area contributed by atoms with E-state index in [0.717, 1.165) is 56.8 Å². The summed E-state index contributed by atoms with van der Waals surface area (Å²) in [4.78, 5) is 19.5. The van der Waals surface area contributed by atoms with Crippen LogP contribution in [0.25, 0.3) is 10.8 Å². The predicted molar refractivity (Wildman–Crippen MR) is 150 cm³/mol. The summed E-state index contributed by atoms with van der Waals surface area (Å²) in [5.41, 5.74) is 3.63. The molecule has 0 aliphatic carbocycles. The Bertz CT molecular complexity index is 1090. The molecule has 2 aliphatic rings. The van der Waals surface area contributed by atoms with Gasteiger partial charge in [-0.2, -0.15) is 0 Å². The molecule has 2 aliphatic heterocycles. The third-order valence-corrected chi connectivity index (χ3v) is 8.56. The molecule has 0 saturated carbocycles. The molecule has 33 heavy (non-hydrogen) atoms. The Balaban J connectivity index is 1.78. The van der Waals surface area contributed by atoms with Crippen molar-refractivity contribution in [3.8, 4) is 0 Å². The second kappa shape index (κ2) is 9.85. The van der Waals surface area contributed by atoms with Crippen LogP contribution in [0.5, 0.6) is 0 Å². The van der Waals surface area contributed by atoms with Crippen LogP contribution in [0.2, 0.25) is 0 Å². The molecule has 174 valence electrons. The Labute approximate surface area is 213 Å². The van der Waals surface area contributed by atoms with Crippen molar-refractivity contribution in [1.29, 1.82) is 0 Å². The van der Waals surface area contributed by atoms with Gasteiger partial charge < -0.3 is 4.90 Å². The molecule has 2 atom stereocenters. The van der Waals surface area contributed by atoms with Gasteiger partial charge in [0.2, 0.25) is 0 Å². The van der Waals surface area contributed by atoms with Crippen molar-refractivity contribution in [2.45, 2.75) is 59.8 Å². The van der Waals surface area contributed by atoms with E-state index in [9.17, 15) is 4.79 Å². The lowest BCUT2D eigenvalue weighted by molar-refractivity contribution is 0.0835. The number of carbonyl (C=O) groups excluding carboxylic acids is 1. The fraction of sp³-hybridized carbons (Fsp3) is 0.481. The van der Waals surface area contributed by atoms with Crippen LogP contribution in [0.1, 0.15) is 86.8 Å². The van der Waals surface area contributed by atoms with Crippen molar-refractivity contribution < 1.29 is 4.79 Å². The number of carbonyl (C=O) groups is 1. The van der Waals surface area contributed by atoms with Gasteiger partial charge >= 0.3 is 0 Å². The summed E-state index contributed by atoms with van der Waals surface area (Å²) in [5.74, 6) is 0.925. The minimum atomic E-state index is -0.0126. The molecule has 0 aromatic heterocycles. The van der Waals surface area contributed by atoms with Crippen LogP contribution in [-0.2, 0) is 0 Å². The molecule has 2 aromatic rings. The topological polar surface area (TPSA) is 23.6 Å². The normalized spacial score (nSPS) is 17.2. The highest BCUT2D eigenvalue weighted by atomic mass is 32.1. The number of thiocarbonyl (C=S) groups is 3. The van der Waals surface area contributed by atoms with Crippen molar-refractivity contribution in [3.63, 3.8) is 0 Å². The van der Waals surface area contributed by atoms with E-state index in [1.807, 2.05) is 12.1 Å². The van der Waals surface area contributed by atoms with Crippen molar-refractivity contribution >= 4 is 68.3 Å². The number of hydrogen-bond acceptors (Lipinski definition) is 4. The summed E-state index contributed by atoms with van der Waals surface area (Å²) in [6.07, 6.45) is 5.71. The number of hydrogen-bond donors (Lipinski definition) is 0. The predicted octanol–water partition coefficient (Wildman–Crippen LogP) is 6.90. The van der Waals surface area contributed by atoms with E-state index in [1.165, 1.54) is 19.3 Å². The van der Waals surface area contributed by atoms with E-state index in [4.69, 9.17) is 36.7 Å². The molecule has 2 aromatic carbocycles. The van der Waals surface area contributed by atoms with Gasteiger partial charge in [0.15, 0.2) is 0 Å². The lowest BCUT2D eigenvalue weighted by atomic mass is 9.86. The molecule has 2 heterocycles. The third kappa shape index (κ3) is 4.15. The van der Waals surface area contributed by atoms with Crippen LogP contribution in [0.4, 0.5) is 0 Å². The molecule has 2 unspecified atom stereocenters.